The molecule has 1 aliphatic heterocycles. The Bertz CT molecular complexity index is 866. The minimum absolute atomic E-state index is 0.333. The molecule has 1 aromatic carbocycles. The van der Waals surface area contributed by atoms with Gasteiger partial charge in [-0.1, -0.05) is 56.6 Å². The fraction of sp³-hybridized carbons (Fsp3) is 0.478. The molecule has 2 aliphatic rings. The molecule has 2 aromatic rings. The molecule has 0 radical (unpaired) electrons. The largest absolute Gasteiger partial charge is 0.355 e. The van der Waals surface area contributed by atoms with Crippen molar-refractivity contribution in [3.8, 4) is 11.3 Å². The van der Waals surface area contributed by atoms with Crippen molar-refractivity contribution < 1.29 is 0 Å². The summed E-state index contributed by atoms with van der Waals surface area (Å²) in [5.41, 5.74) is 5.94. The van der Waals surface area contributed by atoms with Gasteiger partial charge in [-0.2, -0.15) is 0 Å². The lowest BCUT2D eigenvalue weighted by Crippen LogP contribution is -2.32. The van der Waals surface area contributed by atoms with Gasteiger partial charge in [0.1, 0.15) is 5.69 Å². The van der Waals surface area contributed by atoms with Gasteiger partial charge in [-0.3, -0.25) is 0 Å². The molecule has 3 nitrogen and oxygen atoms in total. The molecule has 142 valence electrons. The van der Waals surface area contributed by atoms with E-state index in [4.69, 9.17) is 21.8 Å². The van der Waals surface area contributed by atoms with Crippen LogP contribution in [0.4, 0.5) is 5.82 Å². The SMILES string of the molecule is CC1Cc2c(N3CCCCC3)nnc(-c3ccccc3C(C)C)c2C=C1Cl. The number of nitrogens with zero attached hydrogens (tertiary/aromatic N) is 3. The van der Waals surface area contributed by atoms with E-state index in [2.05, 4.69) is 56.0 Å². The van der Waals surface area contributed by atoms with Crippen molar-refractivity contribution in [3.63, 3.8) is 0 Å². The fourth-order valence-electron chi connectivity index (χ4n) is 4.29. The number of piperidine rings is 1. The first kappa shape index (κ1) is 18.5. The van der Waals surface area contributed by atoms with Crippen molar-refractivity contribution in [3.05, 3.63) is 46.0 Å². The van der Waals surface area contributed by atoms with Crippen LogP contribution < -0.4 is 4.90 Å². The van der Waals surface area contributed by atoms with Crippen molar-refractivity contribution in [1.82, 2.24) is 10.2 Å². The number of aromatic nitrogens is 2. The van der Waals surface area contributed by atoms with Crippen molar-refractivity contribution in [1.29, 1.82) is 0 Å². The number of allylic oxidation sites excluding steroid dienone is 1. The first-order valence-electron chi connectivity index (χ1n) is 10.2. The quantitative estimate of drug-likeness (QED) is 0.650. The van der Waals surface area contributed by atoms with Crippen LogP contribution in [-0.2, 0) is 6.42 Å². The van der Waals surface area contributed by atoms with Crippen molar-refractivity contribution >= 4 is 23.5 Å². The predicted molar refractivity (Wildman–Crippen MR) is 114 cm³/mol. The molecule has 1 aromatic heterocycles. The van der Waals surface area contributed by atoms with Crippen LogP contribution in [0.3, 0.4) is 0 Å². The Morgan fingerprint density at radius 3 is 2.56 bits per heavy atom. The molecule has 4 rings (SSSR count). The van der Waals surface area contributed by atoms with Crippen LogP contribution in [0.15, 0.2) is 29.3 Å². The third-order valence-corrected chi connectivity index (χ3v) is 6.33. The molecule has 0 bridgehead atoms. The molecule has 1 saturated heterocycles. The van der Waals surface area contributed by atoms with Crippen LogP contribution in [0.5, 0.6) is 0 Å². The second-order valence-corrected chi connectivity index (χ2v) is 8.62. The van der Waals surface area contributed by atoms with Gasteiger partial charge in [-0.25, -0.2) is 0 Å². The van der Waals surface area contributed by atoms with E-state index < -0.39 is 0 Å². The van der Waals surface area contributed by atoms with E-state index in [0.717, 1.165) is 36.1 Å². The van der Waals surface area contributed by atoms with Crippen molar-refractivity contribution in [2.45, 2.75) is 52.4 Å². The predicted octanol–water partition coefficient (Wildman–Crippen LogP) is 6.03. The Balaban J connectivity index is 1.90. The second-order valence-electron chi connectivity index (χ2n) is 8.19. The number of fused-ring (bicyclic) bond motifs is 1. The van der Waals surface area contributed by atoms with E-state index in [-0.39, 0.29) is 0 Å². The number of halogens is 1. The summed E-state index contributed by atoms with van der Waals surface area (Å²) in [5.74, 6) is 1.84. The highest BCUT2D eigenvalue weighted by molar-refractivity contribution is 6.32. The highest BCUT2D eigenvalue weighted by atomic mass is 35.5. The Morgan fingerprint density at radius 1 is 1.07 bits per heavy atom. The first-order chi connectivity index (χ1) is 13.1. The molecule has 1 unspecified atom stereocenters. The van der Waals surface area contributed by atoms with Crippen LogP contribution in [-0.4, -0.2) is 23.3 Å². The summed E-state index contributed by atoms with van der Waals surface area (Å²) in [6, 6.07) is 8.56. The van der Waals surface area contributed by atoms with E-state index in [1.54, 1.807) is 0 Å². The van der Waals surface area contributed by atoms with Gasteiger partial charge >= 0.3 is 0 Å². The van der Waals surface area contributed by atoms with Crippen LogP contribution in [0.2, 0.25) is 0 Å². The summed E-state index contributed by atoms with van der Waals surface area (Å²) in [6.45, 7) is 8.81. The van der Waals surface area contributed by atoms with Crippen LogP contribution in [0.25, 0.3) is 17.3 Å². The molecule has 1 aliphatic carbocycles. The van der Waals surface area contributed by atoms with Crippen LogP contribution in [0.1, 0.15) is 62.6 Å². The second kappa shape index (κ2) is 7.63. The molecule has 0 saturated carbocycles. The lowest BCUT2D eigenvalue weighted by Gasteiger charge is -2.32. The van der Waals surface area contributed by atoms with Gasteiger partial charge in [0.25, 0.3) is 0 Å². The van der Waals surface area contributed by atoms with Gasteiger partial charge in [0, 0.05) is 34.8 Å². The highest BCUT2D eigenvalue weighted by Gasteiger charge is 2.27. The average molecular weight is 382 g/mol. The average Bonchev–Trinajstić information content (AvgIpc) is 2.69. The third kappa shape index (κ3) is 3.50. The van der Waals surface area contributed by atoms with E-state index in [9.17, 15) is 0 Å². The molecule has 27 heavy (non-hydrogen) atoms. The van der Waals surface area contributed by atoms with Gasteiger partial charge in [0.15, 0.2) is 5.82 Å². The molecular weight excluding hydrogens is 354 g/mol. The topological polar surface area (TPSA) is 29.0 Å². The van der Waals surface area contributed by atoms with Gasteiger partial charge < -0.3 is 4.90 Å². The normalized spacial score (nSPS) is 19.8. The Hall–Kier alpha value is -1.87. The number of hydrogen-bond acceptors (Lipinski definition) is 3. The van der Waals surface area contributed by atoms with E-state index in [0.29, 0.717) is 11.8 Å². The van der Waals surface area contributed by atoms with Crippen molar-refractivity contribution in [2.75, 3.05) is 18.0 Å². The first-order valence-corrected chi connectivity index (χ1v) is 10.5. The number of hydrogen-bond donors (Lipinski definition) is 0. The smallest absolute Gasteiger partial charge is 0.155 e. The summed E-state index contributed by atoms with van der Waals surface area (Å²) in [6.07, 6.45) is 6.86. The zero-order valence-corrected chi connectivity index (χ0v) is 17.3. The summed E-state index contributed by atoms with van der Waals surface area (Å²) in [5, 5.41) is 10.4. The molecule has 2 heterocycles. The molecule has 0 amide bonds. The lowest BCUT2D eigenvalue weighted by molar-refractivity contribution is 0.566. The zero-order chi connectivity index (χ0) is 19.0. The standard InChI is InChI=1S/C23H28ClN3/c1-15(2)17-9-5-6-10-18(17)22-19-14-21(24)16(3)13-20(19)23(26-25-22)27-11-7-4-8-12-27/h5-6,9-10,14-16H,4,7-8,11-13H2,1-3H3. The maximum absolute atomic E-state index is 6.59. The van der Waals surface area contributed by atoms with Crippen LogP contribution >= 0.6 is 11.6 Å². The number of benzene rings is 1. The molecule has 0 N–H and O–H groups in total. The molecule has 4 heteroatoms. The fourth-order valence-corrected chi connectivity index (χ4v) is 4.48. The lowest BCUT2D eigenvalue weighted by atomic mass is 9.86. The van der Waals surface area contributed by atoms with E-state index in [1.807, 2.05) is 0 Å². The van der Waals surface area contributed by atoms with Gasteiger partial charge in [-0.05, 0) is 49.2 Å². The van der Waals surface area contributed by atoms with Gasteiger partial charge in [0.2, 0.25) is 0 Å². The monoisotopic (exact) mass is 381 g/mol. The summed E-state index contributed by atoms with van der Waals surface area (Å²) >= 11 is 6.59. The Kier molecular flexibility index (Phi) is 5.23. The molecular formula is C23H28ClN3. The Labute approximate surface area is 167 Å². The number of anilines is 1. The highest BCUT2D eigenvalue weighted by Crippen LogP contribution is 2.40. The summed E-state index contributed by atoms with van der Waals surface area (Å²) < 4.78 is 0. The van der Waals surface area contributed by atoms with Crippen molar-refractivity contribution in [2.24, 2.45) is 5.92 Å². The maximum Gasteiger partial charge on any atom is 0.155 e. The molecule has 1 atom stereocenters. The maximum atomic E-state index is 6.59. The molecule has 1 fully saturated rings. The van der Waals surface area contributed by atoms with E-state index >= 15 is 0 Å². The molecule has 0 spiro atoms. The Morgan fingerprint density at radius 2 is 1.81 bits per heavy atom. The number of rotatable bonds is 3. The van der Waals surface area contributed by atoms with E-state index in [1.165, 1.54) is 41.5 Å². The minimum Gasteiger partial charge on any atom is -0.355 e. The summed E-state index contributed by atoms with van der Waals surface area (Å²) in [7, 11) is 0. The summed E-state index contributed by atoms with van der Waals surface area (Å²) in [4.78, 5) is 2.42. The van der Waals surface area contributed by atoms with Crippen LogP contribution in [0, 0.1) is 5.92 Å². The van der Waals surface area contributed by atoms with Gasteiger partial charge in [0.05, 0.1) is 0 Å². The third-order valence-electron chi connectivity index (χ3n) is 5.85. The van der Waals surface area contributed by atoms with Gasteiger partial charge in [-0.15, -0.1) is 10.2 Å². The minimum atomic E-state index is 0.333. The zero-order valence-electron chi connectivity index (χ0n) is 16.5.